The van der Waals surface area contributed by atoms with Crippen molar-refractivity contribution in [2.45, 2.75) is 13.8 Å². The number of allylic oxidation sites excluding steroid dienone is 1. The molecule has 0 atom stereocenters. The minimum atomic E-state index is -0.614. The topological polar surface area (TPSA) is 52.6 Å². The Hall–Kier alpha value is -3.25. The monoisotopic (exact) mass is 394 g/mol. The Bertz CT molecular complexity index is 1130. The van der Waals surface area contributed by atoms with Crippen LogP contribution in [0.4, 0.5) is 4.39 Å². The number of ether oxygens (including phenoxy) is 2. The van der Waals surface area contributed by atoms with Crippen LogP contribution in [0.15, 0.2) is 53.6 Å². The summed E-state index contributed by atoms with van der Waals surface area (Å²) in [6, 6.07) is 10.2. The number of halogens is 1. The summed E-state index contributed by atoms with van der Waals surface area (Å²) in [6.45, 7) is 3.69. The normalized spacial score (nSPS) is 14.1. The molecule has 4 rings (SSSR count). The number of esters is 1. The number of benzene rings is 2. The Morgan fingerprint density at radius 1 is 1.11 bits per heavy atom. The van der Waals surface area contributed by atoms with Gasteiger partial charge >= 0.3 is 5.97 Å². The summed E-state index contributed by atoms with van der Waals surface area (Å²) in [4.78, 5) is 25.9. The van der Waals surface area contributed by atoms with Crippen molar-refractivity contribution in [3.8, 4) is 11.5 Å². The first-order valence-corrected chi connectivity index (χ1v) is 9.41. The first kappa shape index (κ1) is 18.1. The third-order valence-corrected chi connectivity index (χ3v) is 5.45. The molecule has 2 aromatic carbocycles. The number of thiophene rings is 1. The zero-order valence-electron chi connectivity index (χ0n) is 15.1. The second kappa shape index (κ2) is 7.05. The molecule has 0 radical (unpaired) electrons. The lowest BCUT2D eigenvalue weighted by Crippen LogP contribution is -2.09. The Morgan fingerprint density at radius 2 is 1.86 bits per heavy atom. The van der Waals surface area contributed by atoms with Crippen LogP contribution in [-0.4, -0.2) is 11.8 Å². The highest BCUT2D eigenvalue weighted by atomic mass is 32.1. The van der Waals surface area contributed by atoms with E-state index in [0.717, 1.165) is 10.4 Å². The van der Waals surface area contributed by atoms with Gasteiger partial charge in [-0.15, -0.1) is 11.3 Å². The number of hydrogen-bond donors (Lipinski definition) is 0. The third-order valence-electron chi connectivity index (χ3n) is 4.48. The Labute approximate surface area is 164 Å². The molecule has 0 N–H and O–H groups in total. The Morgan fingerprint density at radius 3 is 2.54 bits per heavy atom. The fourth-order valence-electron chi connectivity index (χ4n) is 2.87. The van der Waals surface area contributed by atoms with Crippen LogP contribution in [0.3, 0.4) is 0 Å². The van der Waals surface area contributed by atoms with Gasteiger partial charge in [0.15, 0.2) is 5.76 Å². The van der Waals surface area contributed by atoms with Crippen LogP contribution >= 0.6 is 11.3 Å². The second-order valence-electron chi connectivity index (χ2n) is 6.37. The number of Topliss-reactive ketones (excluding diaryl/α,β-unsaturated/α-hetero) is 1. The van der Waals surface area contributed by atoms with E-state index < -0.39 is 11.8 Å². The maximum absolute atomic E-state index is 13.0. The standard InChI is InChI=1S/C22H15FO4S/c1-12-9-10-28-19(12)11-18-20(24)16-7-8-17(13(2)21(16)26-18)27-22(25)14-3-5-15(23)6-4-14/h3-11H,1-2H3/b18-11-. The molecule has 140 valence electrons. The predicted molar refractivity (Wildman–Crippen MR) is 105 cm³/mol. The maximum Gasteiger partial charge on any atom is 0.343 e. The summed E-state index contributed by atoms with van der Waals surface area (Å²) in [5.74, 6) is -0.341. The lowest BCUT2D eigenvalue weighted by Gasteiger charge is -2.10. The van der Waals surface area contributed by atoms with Crippen molar-refractivity contribution in [2.75, 3.05) is 0 Å². The van der Waals surface area contributed by atoms with Crippen molar-refractivity contribution in [3.05, 3.63) is 86.6 Å². The highest BCUT2D eigenvalue weighted by molar-refractivity contribution is 7.11. The summed E-state index contributed by atoms with van der Waals surface area (Å²) in [5.41, 5.74) is 2.27. The van der Waals surface area contributed by atoms with Crippen molar-refractivity contribution in [2.24, 2.45) is 0 Å². The van der Waals surface area contributed by atoms with Gasteiger partial charge < -0.3 is 9.47 Å². The molecule has 0 amide bonds. The van der Waals surface area contributed by atoms with Crippen LogP contribution in [0.5, 0.6) is 11.5 Å². The van der Waals surface area contributed by atoms with Gasteiger partial charge in [-0.1, -0.05) is 0 Å². The quantitative estimate of drug-likeness (QED) is 0.342. The molecule has 0 spiro atoms. The lowest BCUT2D eigenvalue weighted by molar-refractivity contribution is 0.0733. The van der Waals surface area contributed by atoms with E-state index in [1.54, 1.807) is 25.1 Å². The number of carbonyl (C=O) groups excluding carboxylic acids is 2. The molecule has 0 unspecified atom stereocenters. The van der Waals surface area contributed by atoms with Gasteiger partial charge in [0.05, 0.1) is 11.1 Å². The first-order valence-electron chi connectivity index (χ1n) is 8.53. The molecule has 1 aliphatic rings. The van der Waals surface area contributed by atoms with Gasteiger partial charge in [-0.2, -0.15) is 0 Å². The van der Waals surface area contributed by atoms with Crippen LogP contribution in [0.2, 0.25) is 0 Å². The molecule has 0 saturated carbocycles. The van der Waals surface area contributed by atoms with E-state index in [1.165, 1.54) is 35.6 Å². The minimum absolute atomic E-state index is 0.206. The molecule has 0 saturated heterocycles. The third kappa shape index (κ3) is 3.23. The van der Waals surface area contributed by atoms with E-state index in [0.29, 0.717) is 16.9 Å². The molecular formula is C22H15FO4S. The fraction of sp³-hybridized carbons (Fsp3) is 0.0909. The molecular weight excluding hydrogens is 379 g/mol. The summed E-state index contributed by atoms with van der Waals surface area (Å²) < 4.78 is 24.2. The first-order chi connectivity index (χ1) is 13.4. The number of carbonyl (C=O) groups is 2. The summed E-state index contributed by atoms with van der Waals surface area (Å²) in [7, 11) is 0. The Kier molecular flexibility index (Phi) is 4.57. The van der Waals surface area contributed by atoms with Crippen molar-refractivity contribution in [1.82, 2.24) is 0 Å². The zero-order chi connectivity index (χ0) is 19.8. The van der Waals surface area contributed by atoms with Gasteiger partial charge in [-0.25, -0.2) is 9.18 Å². The number of hydrogen-bond acceptors (Lipinski definition) is 5. The molecule has 0 fully saturated rings. The molecule has 1 aromatic heterocycles. The second-order valence-corrected chi connectivity index (χ2v) is 7.32. The summed E-state index contributed by atoms with van der Waals surface area (Å²) in [5, 5.41) is 1.95. The van der Waals surface area contributed by atoms with Crippen LogP contribution in [0.25, 0.3) is 6.08 Å². The van der Waals surface area contributed by atoms with Gasteiger partial charge in [-0.3, -0.25) is 4.79 Å². The molecule has 3 aromatic rings. The molecule has 6 heteroatoms. The molecule has 2 heterocycles. The highest BCUT2D eigenvalue weighted by Gasteiger charge is 2.30. The minimum Gasteiger partial charge on any atom is -0.452 e. The molecule has 0 bridgehead atoms. The zero-order valence-corrected chi connectivity index (χ0v) is 15.9. The van der Waals surface area contributed by atoms with Gasteiger partial charge in [0.2, 0.25) is 5.78 Å². The van der Waals surface area contributed by atoms with Gasteiger partial charge in [0, 0.05) is 16.5 Å². The number of ketones is 1. The van der Waals surface area contributed by atoms with Crippen molar-refractivity contribution in [1.29, 1.82) is 0 Å². The maximum atomic E-state index is 13.0. The van der Waals surface area contributed by atoms with Gasteiger partial charge in [0.25, 0.3) is 0 Å². The smallest absolute Gasteiger partial charge is 0.343 e. The molecule has 4 nitrogen and oxygen atoms in total. The van der Waals surface area contributed by atoms with E-state index in [-0.39, 0.29) is 22.9 Å². The Balaban J connectivity index is 1.62. The van der Waals surface area contributed by atoms with E-state index in [2.05, 4.69) is 0 Å². The summed E-state index contributed by atoms with van der Waals surface area (Å²) in [6.07, 6.45) is 1.73. The SMILES string of the molecule is Cc1ccsc1/C=C1\Oc2c(ccc(OC(=O)c3ccc(F)cc3)c2C)C1=O. The average molecular weight is 394 g/mol. The van der Waals surface area contributed by atoms with Crippen molar-refractivity contribution in [3.63, 3.8) is 0 Å². The van der Waals surface area contributed by atoms with E-state index in [9.17, 15) is 14.0 Å². The number of aryl methyl sites for hydroxylation is 1. The van der Waals surface area contributed by atoms with E-state index in [1.807, 2.05) is 18.4 Å². The van der Waals surface area contributed by atoms with Crippen LogP contribution in [-0.2, 0) is 0 Å². The van der Waals surface area contributed by atoms with Gasteiger partial charge in [-0.05, 0) is 67.3 Å². The molecule has 1 aliphatic heterocycles. The summed E-state index contributed by atoms with van der Waals surface area (Å²) >= 11 is 1.53. The van der Waals surface area contributed by atoms with E-state index in [4.69, 9.17) is 9.47 Å². The number of rotatable bonds is 3. The molecule has 0 aliphatic carbocycles. The predicted octanol–water partition coefficient (Wildman–Crippen LogP) is 5.34. The van der Waals surface area contributed by atoms with Crippen LogP contribution in [0.1, 0.15) is 36.7 Å². The molecule has 28 heavy (non-hydrogen) atoms. The largest absolute Gasteiger partial charge is 0.452 e. The van der Waals surface area contributed by atoms with Crippen LogP contribution in [0, 0.1) is 19.7 Å². The van der Waals surface area contributed by atoms with Crippen molar-refractivity contribution >= 4 is 29.2 Å². The van der Waals surface area contributed by atoms with Crippen LogP contribution < -0.4 is 9.47 Å². The highest BCUT2D eigenvalue weighted by Crippen LogP contribution is 2.39. The van der Waals surface area contributed by atoms with Crippen molar-refractivity contribution < 1.29 is 23.5 Å². The average Bonchev–Trinajstić information content (AvgIpc) is 3.22. The fourth-order valence-corrected chi connectivity index (χ4v) is 3.72. The lowest BCUT2D eigenvalue weighted by atomic mass is 10.1. The van der Waals surface area contributed by atoms with E-state index >= 15 is 0 Å². The van der Waals surface area contributed by atoms with Gasteiger partial charge in [0.1, 0.15) is 17.3 Å². The number of fused-ring (bicyclic) bond motifs is 1.